The van der Waals surface area contributed by atoms with E-state index >= 15 is 4.39 Å². The SMILES string of the molecule is CC(CO)Nc1n[nH]c2nccc(Oc3ccc(NC(=O)c4cc(Cl)cn(-c5ccc(F)cc5)c4=O)cc3F)c12. The van der Waals surface area contributed by atoms with Gasteiger partial charge in [-0.15, -0.1) is 0 Å². The Kier molecular flexibility index (Phi) is 7.45. The van der Waals surface area contributed by atoms with Crippen molar-refractivity contribution >= 4 is 40.0 Å². The third-order valence-corrected chi connectivity index (χ3v) is 6.03. The highest BCUT2D eigenvalue weighted by atomic mass is 35.5. The number of halogens is 3. The Labute approximate surface area is 230 Å². The van der Waals surface area contributed by atoms with Gasteiger partial charge in [0.1, 0.15) is 22.5 Å². The van der Waals surface area contributed by atoms with Crippen molar-refractivity contribution in [3.05, 3.63) is 99.6 Å². The predicted octanol–water partition coefficient (Wildman–Crippen LogP) is 4.88. The van der Waals surface area contributed by atoms with E-state index in [1.54, 1.807) is 6.92 Å². The molecule has 4 N–H and O–H groups in total. The lowest BCUT2D eigenvalue weighted by atomic mass is 10.2. The van der Waals surface area contributed by atoms with E-state index in [1.807, 2.05) is 0 Å². The van der Waals surface area contributed by atoms with Crippen LogP contribution in [-0.4, -0.2) is 43.4 Å². The van der Waals surface area contributed by atoms with E-state index in [0.717, 1.165) is 10.6 Å². The number of hydrogen-bond donors (Lipinski definition) is 4. The largest absolute Gasteiger partial charge is 0.453 e. The van der Waals surface area contributed by atoms with Gasteiger partial charge < -0.3 is 20.5 Å². The molecule has 0 saturated carbocycles. The van der Waals surface area contributed by atoms with Crippen molar-refractivity contribution in [1.82, 2.24) is 19.7 Å². The van der Waals surface area contributed by atoms with E-state index in [0.29, 0.717) is 22.5 Å². The molecule has 5 aromatic rings. The molecule has 13 heteroatoms. The molecule has 1 atom stereocenters. The summed E-state index contributed by atoms with van der Waals surface area (Å²) in [6.07, 6.45) is 2.77. The van der Waals surface area contributed by atoms with Crippen LogP contribution in [0.15, 0.2) is 71.8 Å². The Morgan fingerprint density at radius 3 is 2.65 bits per heavy atom. The third kappa shape index (κ3) is 5.48. The molecule has 1 amide bonds. The minimum atomic E-state index is -0.820. The molecule has 10 nitrogen and oxygen atoms in total. The number of aliphatic hydroxyl groups is 1. The van der Waals surface area contributed by atoms with E-state index in [2.05, 4.69) is 25.8 Å². The van der Waals surface area contributed by atoms with Crippen molar-refractivity contribution in [2.45, 2.75) is 13.0 Å². The van der Waals surface area contributed by atoms with Gasteiger partial charge in [-0.25, -0.2) is 13.8 Å². The van der Waals surface area contributed by atoms with Crippen molar-refractivity contribution in [1.29, 1.82) is 0 Å². The quantitative estimate of drug-likeness (QED) is 0.210. The van der Waals surface area contributed by atoms with E-state index in [-0.39, 0.29) is 40.4 Å². The summed E-state index contributed by atoms with van der Waals surface area (Å²) in [5.74, 6) is -1.62. The molecule has 0 saturated heterocycles. The first-order valence-corrected chi connectivity index (χ1v) is 12.3. The fourth-order valence-corrected chi connectivity index (χ4v) is 4.08. The van der Waals surface area contributed by atoms with Crippen LogP contribution in [0.3, 0.4) is 0 Å². The first kappa shape index (κ1) is 26.8. The van der Waals surface area contributed by atoms with Crippen LogP contribution in [-0.2, 0) is 0 Å². The zero-order chi connectivity index (χ0) is 28.4. The number of fused-ring (bicyclic) bond motifs is 1. The summed E-state index contributed by atoms with van der Waals surface area (Å²) >= 11 is 6.14. The highest BCUT2D eigenvalue weighted by Crippen LogP contribution is 2.34. The number of rotatable bonds is 8. The van der Waals surface area contributed by atoms with Gasteiger partial charge in [0.25, 0.3) is 11.5 Å². The molecule has 0 fully saturated rings. The van der Waals surface area contributed by atoms with E-state index < -0.39 is 23.1 Å². The summed E-state index contributed by atoms with van der Waals surface area (Å²) in [4.78, 5) is 30.1. The lowest BCUT2D eigenvalue weighted by molar-refractivity contribution is 0.102. The number of H-pyrrole nitrogens is 1. The Bertz CT molecular complexity index is 1770. The highest BCUT2D eigenvalue weighted by molar-refractivity contribution is 6.31. The van der Waals surface area contributed by atoms with Gasteiger partial charge in [-0.05, 0) is 49.4 Å². The van der Waals surface area contributed by atoms with Crippen LogP contribution in [0.2, 0.25) is 5.02 Å². The van der Waals surface area contributed by atoms with Crippen LogP contribution in [0.5, 0.6) is 11.5 Å². The standard InChI is InChI=1S/C27H21ClF2N6O4/c1-14(13-37)32-25-23-22(8-9-31-24(23)34-35-25)40-21-7-4-17(11-20(21)30)33-26(38)19-10-15(28)12-36(27(19)39)18-5-2-16(29)3-6-18/h2-12,14,37H,13H2,1H3,(H,33,38)(H2,31,32,34,35). The maximum absolute atomic E-state index is 15.1. The van der Waals surface area contributed by atoms with Crippen LogP contribution >= 0.6 is 11.6 Å². The second-order valence-electron chi connectivity index (χ2n) is 8.76. The molecule has 1 unspecified atom stereocenters. The second-order valence-corrected chi connectivity index (χ2v) is 9.19. The summed E-state index contributed by atoms with van der Waals surface area (Å²) in [6, 6.07) is 11.3. The minimum absolute atomic E-state index is 0.0601. The number of aromatic amines is 1. The zero-order valence-electron chi connectivity index (χ0n) is 20.8. The molecule has 0 radical (unpaired) electrons. The summed E-state index contributed by atoms with van der Waals surface area (Å²) in [7, 11) is 0. The summed E-state index contributed by atoms with van der Waals surface area (Å²) in [6.45, 7) is 1.62. The lowest BCUT2D eigenvalue weighted by Crippen LogP contribution is -2.28. The molecular formula is C27H21ClF2N6O4. The number of pyridine rings is 2. The van der Waals surface area contributed by atoms with Crippen LogP contribution in [0.1, 0.15) is 17.3 Å². The van der Waals surface area contributed by atoms with Crippen molar-refractivity contribution < 1.29 is 23.4 Å². The number of anilines is 2. The number of hydrogen-bond acceptors (Lipinski definition) is 7. The summed E-state index contributed by atoms with van der Waals surface area (Å²) in [5, 5.41) is 22.3. The monoisotopic (exact) mass is 566 g/mol. The molecule has 0 bridgehead atoms. The molecule has 0 aliphatic carbocycles. The third-order valence-electron chi connectivity index (χ3n) is 5.82. The van der Waals surface area contributed by atoms with Gasteiger partial charge in [0, 0.05) is 41.9 Å². The highest BCUT2D eigenvalue weighted by Gasteiger charge is 2.18. The average molecular weight is 567 g/mol. The molecule has 0 aliphatic heterocycles. The molecule has 204 valence electrons. The number of aliphatic hydroxyl groups excluding tert-OH is 1. The predicted molar refractivity (Wildman–Crippen MR) is 145 cm³/mol. The topological polar surface area (TPSA) is 134 Å². The van der Waals surface area contributed by atoms with Crippen molar-refractivity contribution in [3.63, 3.8) is 0 Å². The number of nitrogens with one attached hydrogen (secondary N) is 3. The summed E-state index contributed by atoms with van der Waals surface area (Å²) < 4.78 is 35.3. The van der Waals surface area contributed by atoms with E-state index in [4.69, 9.17) is 16.3 Å². The number of amides is 1. The number of nitrogens with zero attached hydrogens (tertiary/aromatic N) is 3. The Hall–Kier alpha value is -4.81. The first-order valence-electron chi connectivity index (χ1n) is 11.9. The lowest BCUT2D eigenvalue weighted by Gasteiger charge is -2.13. The number of ether oxygens (including phenoxy) is 1. The van der Waals surface area contributed by atoms with Gasteiger partial charge in [-0.2, -0.15) is 5.10 Å². The maximum atomic E-state index is 15.1. The smallest absolute Gasteiger partial charge is 0.268 e. The molecule has 40 heavy (non-hydrogen) atoms. The maximum Gasteiger partial charge on any atom is 0.268 e. The van der Waals surface area contributed by atoms with Crippen molar-refractivity contribution in [3.8, 4) is 17.2 Å². The number of aromatic nitrogens is 4. The van der Waals surface area contributed by atoms with Gasteiger partial charge in [0.2, 0.25) is 0 Å². The van der Waals surface area contributed by atoms with Gasteiger partial charge in [-0.1, -0.05) is 11.6 Å². The fraction of sp³-hybridized carbons (Fsp3) is 0.111. The molecule has 5 rings (SSSR count). The number of carbonyl (C=O) groups is 1. The zero-order valence-corrected chi connectivity index (χ0v) is 21.5. The van der Waals surface area contributed by atoms with Gasteiger partial charge in [0.05, 0.1) is 11.6 Å². The minimum Gasteiger partial charge on any atom is -0.453 e. The first-order chi connectivity index (χ1) is 19.2. The molecular weight excluding hydrogens is 546 g/mol. The number of benzene rings is 2. The Morgan fingerprint density at radius 1 is 1.15 bits per heavy atom. The van der Waals surface area contributed by atoms with Gasteiger partial charge in [-0.3, -0.25) is 19.3 Å². The fourth-order valence-electron chi connectivity index (χ4n) is 3.87. The summed E-state index contributed by atoms with van der Waals surface area (Å²) in [5.41, 5.74) is -0.237. The average Bonchev–Trinajstić information content (AvgIpc) is 3.35. The second kappa shape index (κ2) is 11.1. The Morgan fingerprint density at radius 2 is 1.93 bits per heavy atom. The molecule has 0 aliphatic rings. The van der Waals surface area contributed by atoms with Crippen LogP contribution in [0, 0.1) is 11.6 Å². The van der Waals surface area contributed by atoms with Gasteiger partial charge >= 0.3 is 0 Å². The van der Waals surface area contributed by atoms with Gasteiger partial charge in [0.15, 0.2) is 23.0 Å². The molecule has 3 heterocycles. The van der Waals surface area contributed by atoms with Crippen molar-refractivity contribution in [2.24, 2.45) is 0 Å². The molecule has 2 aromatic carbocycles. The molecule has 3 aromatic heterocycles. The number of carbonyl (C=O) groups excluding carboxylic acids is 1. The normalized spacial score (nSPS) is 11.8. The van der Waals surface area contributed by atoms with Crippen LogP contribution < -0.4 is 20.9 Å². The van der Waals surface area contributed by atoms with Crippen LogP contribution in [0.4, 0.5) is 20.3 Å². The Balaban J connectivity index is 1.38. The molecule has 0 spiro atoms. The van der Waals surface area contributed by atoms with Crippen LogP contribution in [0.25, 0.3) is 16.7 Å². The van der Waals surface area contributed by atoms with E-state index in [1.165, 1.54) is 60.9 Å². The van der Waals surface area contributed by atoms with Crippen molar-refractivity contribution in [2.75, 3.05) is 17.2 Å². The van der Waals surface area contributed by atoms with E-state index in [9.17, 15) is 19.1 Å².